The second-order valence-electron chi connectivity index (χ2n) is 10.3. The topological polar surface area (TPSA) is 122 Å². The number of hydrogen-bond acceptors (Lipinski definition) is 7. The minimum Gasteiger partial charge on any atom is -0.490 e. The number of aromatic nitrogens is 1. The molecule has 3 heterocycles. The third-order valence-corrected chi connectivity index (χ3v) is 6.95. The van der Waals surface area contributed by atoms with E-state index in [1.165, 1.54) is 0 Å². The van der Waals surface area contributed by atoms with Crippen LogP contribution in [0.4, 0.5) is 0 Å². The average Bonchev–Trinajstić information content (AvgIpc) is 2.88. The highest BCUT2D eigenvalue weighted by Gasteiger charge is 2.26. The number of pyridine rings is 1. The zero-order valence-electron chi connectivity index (χ0n) is 22.3. The van der Waals surface area contributed by atoms with Crippen LogP contribution in [-0.2, 0) is 4.79 Å². The summed E-state index contributed by atoms with van der Waals surface area (Å²) in [6.45, 7) is 6.78. The lowest BCUT2D eigenvalue weighted by atomic mass is 9.96. The second kappa shape index (κ2) is 12.1. The summed E-state index contributed by atoms with van der Waals surface area (Å²) in [5.74, 6) is 6.97. The van der Waals surface area contributed by atoms with Gasteiger partial charge in [0.2, 0.25) is 11.8 Å². The van der Waals surface area contributed by atoms with Crippen LogP contribution in [0.2, 0.25) is 0 Å². The van der Waals surface area contributed by atoms with Gasteiger partial charge in [-0.05, 0) is 71.8 Å². The van der Waals surface area contributed by atoms with Crippen LogP contribution in [0, 0.1) is 29.1 Å². The highest BCUT2D eigenvalue weighted by atomic mass is 16.5. The van der Waals surface area contributed by atoms with Crippen molar-refractivity contribution in [2.45, 2.75) is 58.2 Å². The highest BCUT2D eigenvalue weighted by Crippen LogP contribution is 2.34. The first-order valence-electron chi connectivity index (χ1n) is 13.2. The zero-order valence-corrected chi connectivity index (χ0v) is 22.3. The largest absolute Gasteiger partial charge is 0.490 e. The Labute approximate surface area is 223 Å². The Kier molecular flexibility index (Phi) is 8.70. The number of rotatable bonds is 6. The number of carbonyl (C=O) groups excluding carboxylic acids is 2. The molecule has 4 rings (SSSR count). The normalized spacial score (nSPS) is 18.5. The van der Waals surface area contributed by atoms with Gasteiger partial charge in [0, 0.05) is 29.4 Å². The van der Waals surface area contributed by atoms with Gasteiger partial charge in [0.05, 0.1) is 29.8 Å². The Bertz CT molecular complexity index is 1300. The Balaban J connectivity index is 1.72. The van der Waals surface area contributed by atoms with E-state index in [1.807, 2.05) is 19.9 Å². The van der Waals surface area contributed by atoms with Crippen molar-refractivity contribution in [3.05, 3.63) is 29.5 Å². The number of nitrogens with zero attached hydrogens (tertiary/aromatic N) is 4. The molecule has 0 radical (unpaired) electrons. The van der Waals surface area contributed by atoms with E-state index >= 15 is 0 Å². The number of ether oxygens (including phenoxy) is 2. The lowest BCUT2D eigenvalue weighted by Gasteiger charge is -2.32. The van der Waals surface area contributed by atoms with E-state index in [2.05, 4.69) is 28.8 Å². The predicted octanol–water partition coefficient (Wildman–Crippen LogP) is 3.10. The van der Waals surface area contributed by atoms with E-state index < -0.39 is 5.91 Å². The quantitative estimate of drug-likeness (QED) is 0.584. The molecule has 0 bridgehead atoms. The number of benzene rings is 1. The first kappa shape index (κ1) is 27.2. The van der Waals surface area contributed by atoms with Crippen LogP contribution in [0.3, 0.4) is 0 Å². The van der Waals surface area contributed by atoms with E-state index in [9.17, 15) is 9.59 Å². The molecule has 0 aliphatic carbocycles. The predicted molar refractivity (Wildman–Crippen MR) is 144 cm³/mol. The molecule has 2 aromatic rings. The van der Waals surface area contributed by atoms with Gasteiger partial charge in [0.25, 0.3) is 5.91 Å². The molecule has 2 saturated heterocycles. The van der Waals surface area contributed by atoms with E-state index in [1.54, 1.807) is 23.2 Å². The van der Waals surface area contributed by atoms with Crippen LogP contribution in [0.5, 0.6) is 11.6 Å². The highest BCUT2D eigenvalue weighted by molar-refractivity contribution is 6.03. The Morgan fingerprint density at radius 1 is 1.18 bits per heavy atom. The fourth-order valence-corrected chi connectivity index (χ4v) is 4.91. The Morgan fingerprint density at radius 2 is 1.95 bits per heavy atom. The molecule has 2 N–H and O–H groups in total. The molecule has 0 unspecified atom stereocenters. The van der Waals surface area contributed by atoms with Crippen molar-refractivity contribution in [2.24, 2.45) is 11.7 Å². The van der Waals surface area contributed by atoms with Crippen molar-refractivity contribution < 1.29 is 19.1 Å². The van der Waals surface area contributed by atoms with Crippen molar-refractivity contribution >= 4 is 22.6 Å². The van der Waals surface area contributed by atoms with E-state index in [0.29, 0.717) is 47.0 Å². The molecule has 200 valence electrons. The Hall–Kier alpha value is -3.82. The molecule has 2 aliphatic heterocycles. The van der Waals surface area contributed by atoms with Crippen LogP contribution in [-0.4, -0.2) is 72.0 Å². The summed E-state index contributed by atoms with van der Waals surface area (Å²) in [6.07, 6.45) is 4.63. The minimum atomic E-state index is -0.588. The van der Waals surface area contributed by atoms with Gasteiger partial charge in [-0.15, -0.1) is 0 Å². The maximum atomic E-state index is 12.3. The summed E-state index contributed by atoms with van der Waals surface area (Å²) in [7, 11) is 2.12. The van der Waals surface area contributed by atoms with Crippen LogP contribution in [0.25, 0.3) is 10.8 Å². The van der Waals surface area contributed by atoms with Crippen molar-refractivity contribution in [1.29, 1.82) is 5.26 Å². The number of nitrogens with two attached hydrogens (primary N) is 1. The molecule has 2 aliphatic rings. The SMILES string of the molecule is CC(C)Oc1cc2c(O[C@@H]3CCCN(C(=O)CC#N)C3)ncc(C#CC3CCN(C)CC3)c2cc1C(N)=O. The average molecular weight is 518 g/mol. The Morgan fingerprint density at radius 3 is 2.63 bits per heavy atom. The molecule has 2 amide bonds. The molecule has 9 heteroatoms. The van der Waals surface area contributed by atoms with Crippen LogP contribution in [0.1, 0.15) is 61.9 Å². The minimum absolute atomic E-state index is 0.148. The maximum absolute atomic E-state index is 12.3. The van der Waals surface area contributed by atoms with Crippen molar-refractivity contribution in [1.82, 2.24) is 14.8 Å². The monoisotopic (exact) mass is 517 g/mol. The van der Waals surface area contributed by atoms with Gasteiger partial charge in [-0.1, -0.05) is 11.8 Å². The lowest BCUT2D eigenvalue weighted by Crippen LogP contribution is -2.44. The number of carbonyl (C=O) groups is 2. The van der Waals surface area contributed by atoms with Gasteiger partial charge in [-0.25, -0.2) is 4.98 Å². The molecule has 1 aromatic heterocycles. The van der Waals surface area contributed by atoms with Crippen LogP contribution < -0.4 is 15.2 Å². The van der Waals surface area contributed by atoms with Gasteiger partial charge in [-0.2, -0.15) is 5.26 Å². The summed E-state index contributed by atoms with van der Waals surface area (Å²) < 4.78 is 12.3. The lowest BCUT2D eigenvalue weighted by molar-refractivity contribution is -0.132. The van der Waals surface area contributed by atoms with E-state index in [-0.39, 0.29) is 30.1 Å². The van der Waals surface area contributed by atoms with E-state index in [0.717, 1.165) is 38.8 Å². The molecule has 1 aromatic carbocycles. The molecule has 38 heavy (non-hydrogen) atoms. The molecule has 1 atom stereocenters. The summed E-state index contributed by atoms with van der Waals surface area (Å²) in [4.78, 5) is 33.2. The van der Waals surface area contributed by atoms with Crippen molar-refractivity contribution in [2.75, 3.05) is 33.2 Å². The number of fused-ring (bicyclic) bond motifs is 1. The number of piperidine rings is 2. The smallest absolute Gasteiger partial charge is 0.252 e. The first-order chi connectivity index (χ1) is 18.2. The third kappa shape index (κ3) is 6.54. The van der Waals surface area contributed by atoms with Crippen LogP contribution in [0.15, 0.2) is 18.3 Å². The number of hydrogen-bond donors (Lipinski definition) is 1. The van der Waals surface area contributed by atoms with Gasteiger partial charge in [0.15, 0.2) is 0 Å². The molecule has 9 nitrogen and oxygen atoms in total. The molecule has 0 saturated carbocycles. The zero-order chi connectivity index (χ0) is 27.2. The number of primary amides is 1. The summed E-state index contributed by atoms with van der Waals surface area (Å²) in [5.41, 5.74) is 6.69. The first-order valence-corrected chi connectivity index (χ1v) is 13.2. The second-order valence-corrected chi connectivity index (χ2v) is 10.3. The van der Waals surface area contributed by atoms with Crippen LogP contribution >= 0.6 is 0 Å². The van der Waals surface area contributed by atoms with Crippen molar-refractivity contribution in [3.8, 4) is 29.5 Å². The number of likely N-dealkylation sites (tertiary alicyclic amines) is 2. The van der Waals surface area contributed by atoms with Gasteiger partial charge < -0.3 is 25.0 Å². The summed E-state index contributed by atoms with van der Waals surface area (Å²) >= 11 is 0. The molecule has 0 spiro atoms. The fourth-order valence-electron chi connectivity index (χ4n) is 4.91. The van der Waals surface area contributed by atoms with Gasteiger partial charge >= 0.3 is 0 Å². The summed E-state index contributed by atoms with van der Waals surface area (Å²) in [5, 5.41) is 10.3. The number of nitriles is 1. The third-order valence-electron chi connectivity index (χ3n) is 6.95. The van der Waals surface area contributed by atoms with Crippen molar-refractivity contribution in [3.63, 3.8) is 0 Å². The standard InChI is InChI=1S/C29H35N5O4/c1-19(2)37-26-16-24-23(15-25(26)28(31)36)21(7-6-20-9-13-33(3)14-10-20)17-32-29(24)38-22-5-4-12-34(18-22)27(35)8-11-30/h15-17,19-20,22H,4-5,8-10,12-14,18H2,1-3H3,(H2,31,36)/t22-/m1/s1. The maximum Gasteiger partial charge on any atom is 0.252 e. The fraction of sp³-hybridized carbons (Fsp3) is 0.517. The molecular formula is C29H35N5O4. The number of amides is 2. The molecule has 2 fully saturated rings. The van der Waals surface area contributed by atoms with E-state index in [4.69, 9.17) is 20.5 Å². The summed E-state index contributed by atoms with van der Waals surface area (Å²) in [6, 6.07) is 5.39. The van der Waals surface area contributed by atoms with Gasteiger partial charge in [-0.3, -0.25) is 9.59 Å². The molecular weight excluding hydrogens is 482 g/mol. The van der Waals surface area contributed by atoms with Gasteiger partial charge in [0.1, 0.15) is 18.3 Å².